The van der Waals surface area contributed by atoms with E-state index in [0.717, 1.165) is 25.2 Å². The average Bonchev–Trinajstić information content (AvgIpc) is 2.31. The van der Waals surface area contributed by atoms with Gasteiger partial charge in [0.15, 0.2) is 5.82 Å². The molecular weight excluding hydrogens is 216 g/mol. The molecule has 1 aromatic heterocycles. The van der Waals surface area contributed by atoms with Crippen LogP contribution in [0.25, 0.3) is 0 Å². The Bertz CT molecular complexity index is 348. The Balaban J connectivity index is 2.47. The van der Waals surface area contributed by atoms with Crippen molar-refractivity contribution in [1.82, 2.24) is 10.2 Å². The highest BCUT2D eigenvalue weighted by atomic mass is 16.1. The summed E-state index contributed by atoms with van der Waals surface area (Å²) in [6.07, 6.45) is 2.25. The monoisotopic (exact) mass is 236 g/mol. The summed E-state index contributed by atoms with van der Waals surface area (Å²) in [5.41, 5.74) is 0. The van der Waals surface area contributed by atoms with Gasteiger partial charge in [-0.2, -0.15) is 0 Å². The molecule has 0 spiro atoms. The van der Waals surface area contributed by atoms with Gasteiger partial charge in [-0.3, -0.25) is 4.79 Å². The summed E-state index contributed by atoms with van der Waals surface area (Å²) in [6.45, 7) is 6.70. The van der Waals surface area contributed by atoms with Gasteiger partial charge in [-0.15, -0.1) is 10.2 Å². The maximum atomic E-state index is 11.4. The van der Waals surface area contributed by atoms with E-state index in [0.29, 0.717) is 5.82 Å². The lowest BCUT2D eigenvalue weighted by molar-refractivity contribution is -0.118. The van der Waals surface area contributed by atoms with E-state index in [2.05, 4.69) is 27.8 Å². The molecule has 0 bridgehead atoms. The summed E-state index contributed by atoms with van der Waals surface area (Å²) >= 11 is 0. The summed E-state index contributed by atoms with van der Waals surface area (Å²) in [4.78, 5) is 11.4. The van der Waals surface area contributed by atoms with Crippen molar-refractivity contribution in [2.75, 3.05) is 17.2 Å². The standard InChI is InChI=1S/C12H20N4O/c1-4-5-8-13-10-6-7-11(16-15-10)14-12(17)9(2)3/h6-7,9H,4-5,8H2,1-3H3,(H,13,15)(H,14,16,17). The molecule has 5 nitrogen and oxygen atoms in total. The molecule has 0 atom stereocenters. The van der Waals surface area contributed by atoms with Crippen molar-refractivity contribution in [1.29, 1.82) is 0 Å². The molecule has 1 rings (SSSR count). The zero-order valence-electron chi connectivity index (χ0n) is 10.7. The molecule has 17 heavy (non-hydrogen) atoms. The minimum atomic E-state index is -0.0563. The van der Waals surface area contributed by atoms with Gasteiger partial charge in [-0.25, -0.2) is 0 Å². The van der Waals surface area contributed by atoms with E-state index in [-0.39, 0.29) is 11.8 Å². The van der Waals surface area contributed by atoms with E-state index in [1.54, 1.807) is 6.07 Å². The highest BCUT2D eigenvalue weighted by Gasteiger charge is 2.07. The van der Waals surface area contributed by atoms with E-state index in [9.17, 15) is 4.79 Å². The lowest BCUT2D eigenvalue weighted by Gasteiger charge is -2.07. The van der Waals surface area contributed by atoms with Crippen molar-refractivity contribution < 1.29 is 4.79 Å². The minimum absolute atomic E-state index is 0.0500. The van der Waals surface area contributed by atoms with Crippen LogP contribution < -0.4 is 10.6 Å². The van der Waals surface area contributed by atoms with Crippen molar-refractivity contribution in [3.63, 3.8) is 0 Å². The van der Waals surface area contributed by atoms with E-state index < -0.39 is 0 Å². The molecule has 94 valence electrons. The number of anilines is 2. The van der Waals surface area contributed by atoms with E-state index >= 15 is 0 Å². The first-order valence-electron chi connectivity index (χ1n) is 6.02. The molecule has 0 aromatic carbocycles. The van der Waals surface area contributed by atoms with Crippen LogP contribution in [-0.4, -0.2) is 22.6 Å². The number of hydrogen-bond acceptors (Lipinski definition) is 4. The predicted octanol–water partition coefficient (Wildman–Crippen LogP) is 2.28. The smallest absolute Gasteiger partial charge is 0.228 e. The summed E-state index contributed by atoms with van der Waals surface area (Å²) in [5.74, 6) is 1.12. The van der Waals surface area contributed by atoms with Crippen molar-refractivity contribution in [3.8, 4) is 0 Å². The van der Waals surface area contributed by atoms with Gasteiger partial charge in [0.25, 0.3) is 0 Å². The Labute approximate surface area is 102 Å². The van der Waals surface area contributed by atoms with Gasteiger partial charge in [-0.05, 0) is 18.6 Å². The first-order valence-corrected chi connectivity index (χ1v) is 6.02. The van der Waals surface area contributed by atoms with E-state index in [4.69, 9.17) is 0 Å². The average molecular weight is 236 g/mol. The van der Waals surface area contributed by atoms with Crippen LogP contribution in [0.2, 0.25) is 0 Å². The summed E-state index contributed by atoms with van der Waals surface area (Å²) in [7, 11) is 0. The van der Waals surface area contributed by atoms with E-state index in [1.165, 1.54) is 0 Å². The molecule has 0 saturated heterocycles. The van der Waals surface area contributed by atoms with Gasteiger partial charge < -0.3 is 10.6 Å². The zero-order valence-corrected chi connectivity index (χ0v) is 10.7. The fourth-order valence-corrected chi connectivity index (χ4v) is 1.16. The lowest BCUT2D eigenvalue weighted by Crippen LogP contribution is -2.18. The number of nitrogens with zero attached hydrogens (tertiary/aromatic N) is 2. The molecule has 1 aromatic rings. The number of unbranched alkanes of at least 4 members (excludes halogenated alkanes) is 1. The van der Waals surface area contributed by atoms with Crippen molar-refractivity contribution >= 4 is 17.5 Å². The van der Waals surface area contributed by atoms with Gasteiger partial charge in [0, 0.05) is 12.5 Å². The van der Waals surface area contributed by atoms with Crippen LogP contribution in [0.3, 0.4) is 0 Å². The van der Waals surface area contributed by atoms with Crippen LogP contribution >= 0.6 is 0 Å². The van der Waals surface area contributed by atoms with E-state index in [1.807, 2.05) is 19.9 Å². The molecule has 1 heterocycles. The molecule has 0 aliphatic heterocycles. The highest BCUT2D eigenvalue weighted by molar-refractivity contribution is 5.91. The van der Waals surface area contributed by atoms with Crippen LogP contribution in [0, 0.1) is 5.92 Å². The first kappa shape index (κ1) is 13.4. The second kappa shape index (κ2) is 6.83. The van der Waals surface area contributed by atoms with Gasteiger partial charge >= 0.3 is 0 Å². The maximum absolute atomic E-state index is 11.4. The van der Waals surface area contributed by atoms with Gasteiger partial charge in [0.2, 0.25) is 5.91 Å². The minimum Gasteiger partial charge on any atom is -0.369 e. The van der Waals surface area contributed by atoms with Crippen LogP contribution in [0.5, 0.6) is 0 Å². The largest absolute Gasteiger partial charge is 0.369 e. The quantitative estimate of drug-likeness (QED) is 0.744. The normalized spacial score (nSPS) is 10.4. The molecule has 2 N–H and O–H groups in total. The fourth-order valence-electron chi connectivity index (χ4n) is 1.16. The number of amides is 1. The van der Waals surface area contributed by atoms with Crippen molar-refractivity contribution in [2.45, 2.75) is 33.6 Å². The summed E-state index contributed by atoms with van der Waals surface area (Å²) in [5, 5.41) is 13.8. The van der Waals surface area contributed by atoms with Gasteiger partial charge in [0.1, 0.15) is 5.82 Å². The number of aromatic nitrogens is 2. The Kier molecular flexibility index (Phi) is 5.39. The van der Waals surface area contributed by atoms with Gasteiger partial charge in [-0.1, -0.05) is 27.2 Å². The molecule has 0 radical (unpaired) electrons. The third-order valence-corrected chi connectivity index (χ3v) is 2.28. The third-order valence-electron chi connectivity index (χ3n) is 2.28. The topological polar surface area (TPSA) is 66.9 Å². The maximum Gasteiger partial charge on any atom is 0.228 e. The number of rotatable bonds is 6. The fraction of sp³-hybridized carbons (Fsp3) is 0.583. The first-order chi connectivity index (χ1) is 8.13. The van der Waals surface area contributed by atoms with Gasteiger partial charge in [0.05, 0.1) is 0 Å². The Morgan fingerprint density at radius 3 is 2.47 bits per heavy atom. The highest BCUT2D eigenvalue weighted by Crippen LogP contribution is 2.07. The number of carbonyl (C=O) groups excluding carboxylic acids is 1. The SMILES string of the molecule is CCCCNc1ccc(NC(=O)C(C)C)nn1. The molecule has 0 saturated carbocycles. The molecular formula is C12H20N4O. The summed E-state index contributed by atoms with van der Waals surface area (Å²) < 4.78 is 0. The zero-order chi connectivity index (χ0) is 12.7. The van der Waals surface area contributed by atoms with Crippen molar-refractivity contribution in [2.24, 2.45) is 5.92 Å². The Morgan fingerprint density at radius 2 is 1.94 bits per heavy atom. The molecule has 0 fully saturated rings. The molecule has 0 aliphatic carbocycles. The second-order valence-electron chi connectivity index (χ2n) is 4.23. The lowest BCUT2D eigenvalue weighted by atomic mass is 10.2. The molecule has 0 unspecified atom stereocenters. The number of carbonyl (C=O) groups is 1. The Hall–Kier alpha value is -1.65. The second-order valence-corrected chi connectivity index (χ2v) is 4.23. The number of hydrogen-bond donors (Lipinski definition) is 2. The summed E-state index contributed by atoms with van der Waals surface area (Å²) in [6, 6.07) is 3.57. The predicted molar refractivity (Wildman–Crippen MR) is 68.9 cm³/mol. The Morgan fingerprint density at radius 1 is 1.29 bits per heavy atom. The third kappa shape index (κ3) is 4.80. The van der Waals surface area contributed by atoms with Crippen LogP contribution in [0.15, 0.2) is 12.1 Å². The van der Waals surface area contributed by atoms with Crippen LogP contribution in [0.1, 0.15) is 33.6 Å². The number of nitrogens with one attached hydrogen (secondary N) is 2. The molecule has 1 amide bonds. The molecule has 0 aliphatic rings. The van der Waals surface area contributed by atoms with Crippen LogP contribution in [-0.2, 0) is 4.79 Å². The van der Waals surface area contributed by atoms with Crippen LogP contribution in [0.4, 0.5) is 11.6 Å². The van der Waals surface area contributed by atoms with Crippen molar-refractivity contribution in [3.05, 3.63) is 12.1 Å². The molecule has 5 heteroatoms.